The second-order valence-electron chi connectivity index (χ2n) is 5.69. The number of allylic oxidation sites excluding steroid dienone is 3. The molecule has 0 bridgehead atoms. The van der Waals surface area contributed by atoms with E-state index in [9.17, 15) is 4.79 Å². The van der Waals surface area contributed by atoms with Crippen LogP contribution in [0.25, 0.3) is 11.6 Å². The molecule has 0 saturated carbocycles. The van der Waals surface area contributed by atoms with Gasteiger partial charge in [0.05, 0.1) is 18.4 Å². The molecule has 0 aliphatic carbocycles. The van der Waals surface area contributed by atoms with Crippen LogP contribution in [0.1, 0.15) is 30.7 Å². The molecule has 25 heavy (non-hydrogen) atoms. The van der Waals surface area contributed by atoms with E-state index >= 15 is 0 Å². The summed E-state index contributed by atoms with van der Waals surface area (Å²) in [7, 11) is 1.51. The normalized spacial score (nSPS) is 12.2. The first-order valence-corrected chi connectivity index (χ1v) is 7.65. The summed E-state index contributed by atoms with van der Waals surface area (Å²) in [6.45, 7) is 5.43. The molecule has 6 nitrogen and oxygen atoms in total. The minimum atomic E-state index is -0.420. The van der Waals surface area contributed by atoms with E-state index in [1.165, 1.54) is 7.11 Å². The van der Waals surface area contributed by atoms with Gasteiger partial charge in [-0.15, -0.1) is 5.23 Å². The quantitative estimate of drug-likeness (QED) is 0.629. The second kappa shape index (κ2) is 7.83. The second-order valence-corrected chi connectivity index (χ2v) is 5.69. The molecule has 0 amide bonds. The van der Waals surface area contributed by atoms with Crippen LogP contribution in [-0.2, 0) is 0 Å². The van der Waals surface area contributed by atoms with E-state index in [-0.39, 0.29) is 10.9 Å². The zero-order valence-electron chi connectivity index (χ0n) is 14.6. The van der Waals surface area contributed by atoms with Crippen molar-refractivity contribution in [3.8, 4) is 5.75 Å². The Hall–Kier alpha value is -2.83. The fourth-order valence-corrected chi connectivity index (χ4v) is 2.36. The summed E-state index contributed by atoms with van der Waals surface area (Å²) >= 11 is 0. The SMILES string of the molecule is COc1cc(C(C)=CC(C)=Cc2ccc(N(O)O)cc2)oc(=O)c1C. The van der Waals surface area contributed by atoms with Gasteiger partial charge in [0.15, 0.2) is 0 Å². The van der Waals surface area contributed by atoms with Crippen molar-refractivity contribution in [1.29, 1.82) is 0 Å². The zero-order valence-corrected chi connectivity index (χ0v) is 14.6. The molecule has 0 spiro atoms. The third-order valence-electron chi connectivity index (χ3n) is 3.71. The lowest BCUT2D eigenvalue weighted by atomic mass is 10.1. The number of methoxy groups -OCH3 is 1. The third kappa shape index (κ3) is 4.59. The zero-order chi connectivity index (χ0) is 18.6. The third-order valence-corrected chi connectivity index (χ3v) is 3.71. The van der Waals surface area contributed by atoms with Crippen LogP contribution in [0.2, 0.25) is 0 Å². The fourth-order valence-electron chi connectivity index (χ4n) is 2.36. The minimum Gasteiger partial charge on any atom is -0.496 e. The van der Waals surface area contributed by atoms with E-state index in [0.29, 0.717) is 17.1 Å². The Balaban J connectivity index is 2.29. The maximum Gasteiger partial charge on any atom is 0.342 e. The highest BCUT2D eigenvalue weighted by Crippen LogP contribution is 2.22. The van der Waals surface area contributed by atoms with Gasteiger partial charge in [-0.25, -0.2) is 4.79 Å². The number of rotatable bonds is 5. The van der Waals surface area contributed by atoms with Crippen molar-refractivity contribution in [1.82, 2.24) is 0 Å². The fraction of sp³-hybridized carbons (Fsp3) is 0.211. The molecule has 2 aromatic rings. The van der Waals surface area contributed by atoms with Gasteiger partial charge >= 0.3 is 5.63 Å². The van der Waals surface area contributed by atoms with Crippen molar-refractivity contribution in [2.24, 2.45) is 0 Å². The van der Waals surface area contributed by atoms with E-state index < -0.39 is 5.63 Å². The predicted octanol–water partition coefficient (Wildman–Crippen LogP) is 4.05. The molecule has 0 atom stereocenters. The molecular weight excluding hydrogens is 322 g/mol. The molecule has 0 fully saturated rings. The Morgan fingerprint density at radius 1 is 1.20 bits per heavy atom. The molecule has 1 aromatic carbocycles. The lowest BCUT2D eigenvalue weighted by Crippen LogP contribution is -2.10. The molecule has 0 aliphatic heterocycles. The van der Waals surface area contributed by atoms with Crippen molar-refractivity contribution in [2.75, 3.05) is 12.3 Å². The Kier molecular flexibility index (Phi) is 5.80. The molecule has 1 aromatic heterocycles. The van der Waals surface area contributed by atoms with Crippen molar-refractivity contribution in [3.05, 3.63) is 69.3 Å². The summed E-state index contributed by atoms with van der Waals surface area (Å²) in [6, 6.07) is 8.38. The Labute approximate surface area is 145 Å². The van der Waals surface area contributed by atoms with E-state index in [1.807, 2.05) is 26.0 Å². The lowest BCUT2D eigenvalue weighted by molar-refractivity contribution is 0.0291. The summed E-state index contributed by atoms with van der Waals surface area (Å²) in [6.07, 6.45) is 3.82. The van der Waals surface area contributed by atoms with Gasteiger partial charge in [0.2, 0.25) is 0 Å². The van der Waals surface area contributed by atoms with Crippen LogP contribution in [0.15, 0.2) is 51.2 Å². The lowest BCUT2D eigenvalue weighted by Gasteiger charge is -2.08. The first-order chi connectivity index (χ1) is 11.8. The van der Waals surface area contributed by atoms with Crippen LogP contribution in [0.4, 0.5) is 5.69 Å². The Morgan fingerprint density at radius 2 is 1.84 bits per heavy atom. The summed E-state index contributed by atoms with van der Waals surface area (Å²) in [4.78, 5) is 11.9. The van der Waals surface area contributed by atoms with E-state index in [1.54, 1.807) is 37.3 Å². The largest absolute Gasteiger partial charge is 0.496 e. The first-order valence-electron chi connectivity index (χ1n) is 7.65. The van der Waals surface area contributed by atoms with Gasteiger partial charge < -0.3 is 9.15 Å². The van der Waals surface area contributed by atoms with Gasteiger partial charge in [-0.05, 0) is 44.0 Å². The molecule has 0 unspecified atom stereocenters. The molecule has 2 rings (SSSR count). The van der Waals surface area contributed by atoms with E-state index in [2.05, 4.69) is 0 Å². The summed E-state index contributed by atoms with van der Waals surface area (Å²) in [5.74, 6) is 0.945. The highest BCUT2D eigenvalue weighted by Gasteiger charge is 2.09. The first kappa shape index (κ1) is 18.5. The molecule has 0 aliphatic rings. The van der Waals surface area contributed by atoms with Gasteiger partial charge in [-0.3, -0.25) is 10.4 Å². The predicted molar refractivity (Wildman–Crippen MR) is 96.1 cm³/mol. The average molecular weight is 343 g/mol. The van der Waals surface area contributed by atoms with Crippen molar-refractivity contribution < 1.29 is 19.6 Å². The van der Waals surface area contributed by atoms with Crippen molar-refractivity contribution in [2.45, 2.75) is 20.8 Å². The van der Waals surface area contributed by atoms with Crippen LogP contribution in [0.5, 0.6) is 5.75 Å². The molecule has 1 heterocycles. The number of anilines is 1. The van der Waals surface area contributed by atoms with E-state index in [4.69, 9.17) is 19.6 Å². The molecule has 132 valence electrons. The maximum atomic E-state index is 11.9. The highest BCUT2D eigenvalue weighted by atomic mass is 16.8. The van der Waals surface area contributed by atoms with E-state index in [0.717, 1.165) is 16.7 Å². The Bertz CT molecular complexity index is 860. The van der Waals surface area contributed by atoms with Crippen LogP contribution >= 0.6 is 0 Å². The van der Waals surface area contributed by atoms with Gasteiger partial charge in [0, 0.05) is 6.07 Å². The number of nitrogens with zero attached hydrogens (tertiary/aromatic N) is 1. The Morgan fingerprint density at radius 3 is 2.40 bits per heavy atom. The van der Waals surface area contributed by atoms with Crippen LogP contribution in [0.3, 0.4) is 0 Å². The summed E-state index contributed by atoms with van der Waals surface area (Å²) < 4.78 is 10.5. The van der Waals surface area contributed by atoms with Crippen LogP contribution in [-0.4, -0.2) is 17.5 Å². The monoisotopic (exact) mass is 343 g/mol. The van der Waals surface area contributed by atoms with Crippen molar-refractivity contribution in [3.63, 3.8) is 0 Å². The van der Waals surface area contributed by atoms with Gasteiger partial charge in [0.1, 0.15) is 11.5 Å². The van der Waals surface area contributed by atoms with Gasteiger partial charge in [-0.1, -0.05) is 29.9 Å². The minimum absolute atomic E-state index is 0.0667. The van der Waals surface area contributed by atoms with Gasteiger partial charge in [-0.2, -0.15) is 0 Å². The van der Waals surface area contributed by atoms with Crippen molar-refractivity contribution >= 4 is 17.3 Å². The number of hydrogen-bond donors (Lipinski definition) is 2. The average Bonchev–Trinajstić information content (AvgIpc) is 2.57. The molecule has 6 heteroatoms. The number of ether oxygens (including phenoxy) is 1. The molecular formula is C19H21NO5. The topological polar surface area (TPSA) is 83.1 Å². The maximum absolute atomic E-state index is 11.9. The smallest absolute Gasteiger partial charge is 0.342 e. The molecule has 0 saturated heterocycles. The molecule has 0 radical (unpaired) electrons. The summed E-state index contributed by atoms with van der Waals surface area (Å²) in [5, 5.41) is 18.0. The van der Waals surface area contributed by atoms with Crippen LogP contribution < -0.4 is 15.6 Å². The van der Waals surface area contributed by atoms with Gasteiger partial charge in [0.25, 0.3) is 0 Å². The number of benzene rings is 1. The highest BCUT2D eigenvalue weighted by molar-refractivity contribution is 5.67. The summed E-state index contributed by atoms with van der Waals surface area (Å²) in [5.41, 5.74) is 2.92. The standard InChI is InChI=1S/C19H21NO5/c1-12(10-15-5-7-16(8-6-15)20(22)23)9-13(2)17-11-18(24-4)14(3)19(21)25-17/h5-11,22-23H,1-4H3. The molecule has 2 N–H and O–H groups in total. The number of hydrogen-bond acceptors (Lipinski definition) is 6. The van der Waals surface area contributed by atoms with Crippen LogP contribution in [0, 0.1) is 6.92 Å².